The predicted octanol–water partition coefficient (Wildman–Crippen LogP) is -2.12. The van der Waals surface area contributed by atoms with Crippen LogP contribution in [0.3, 0.4) is 0 Å². The van der Waals surface area contributed by atoms with Crippen LogP contribution in [0.25, 0.3) is 0 Å². The van der Waals surface area contributed by atoms with Crippen LogP contribution in [-0.2, 0) is 24.0 Å². The third-order valence-corrected chi connectivity index (χ3v) is 5.16. The van der Waals surface area contributed by atoms with Crippen LogP contribution in [0.5, 0.6) is 0 Å². The Morgan fingerprint density at radius 1 is 0.879 bits per heavy atom. The minimum absolute atomic E-state index is 0.290. The number of hydrogen-bond acceptors (Lipinski definition) is 8. The third kappa shape index (κ3) is 11.1. The maximum Gasteiger partial charge on any atom is 0.328 e. The highest BCUT2D eigenvalue weighted by molar-refractivity contribution is 5.95. The predicted molar refractivity (Wildman–Crippen MR) is 118 cm³/mol. The molecule has 0 aliphatic rings. The highest BCUT2D eigenvalue weighted by Crippen LogP contribution is 2.10. The lowest BCUT2D eigenvalue weighted by Gasteiger charge is -2.28. The van der Waals surface area contributed by atoms with Gasteiger partial charge in [0.1, 0.15) is 12.1 Å². The van der Waals surface area contributed by atoms with Gasteiger partial charge in [-0.15, -0.1) is 0 Å². The highest BCUT2D eigenvalue weighted by Gasteiger charge is 2.34. The molecule has 0 saturated carbocycles. The maximum absolute atomic E-state index is 12.8. The van der Waals surface area contributed by atoms with Crippen molar-refractivity contribution in [3.8, 4) is 0 Å². The summed E-state index contributed by atoms with van der Waals surface area (Å²) in [5.74, 6) is -5.84. The molecule has 0 aromatic rings. The van der Waals surface area contributed by atoms with E-state index in [1.807, 2.05) is 0 Å². The SMILES string of the molecule is CCC(C)C(NC(=O)C(CC(=O)O)NC(=O)C(N)CCCCN)C(=O)NC(C(=O)O)C(C)O. The van der Waals surface area contributed by atoms with Crippen LogP contribution in [0.1, 0.15) is 52.9 Å². The summed E-state index contributed by atoms with van der Waals surface area (Å²) in [7, 11) is 0. The molecule has 13 nitrogen and oxygen atoms in total. The number of amides is 3. The summed E-state index contributed by atoms with van der Waals surface area (Å²) in [6, 6.07) is -5.34. The van der Waals surface area contributed by atoms with Crippen molar-refractivity contribution in [1.29, 1.82) is 0 Å². The molecule has 0 aromatic heterocycles. The number of rotatable bonds is 16. The fourth-order valence-corrected chi connectivity index (χ4v) is 2.89. The summed E-state index contributed by atoms with van der Waals surface area (Å²) in [5, 5.41) is 34.8. The Morgan fingerprint density at radius 2 is 1.45 bits per heavy atom. The minimum atomic E-state index is -1.61. The number of hydrogen-bond donors (Lipinski definition) is 8. The Bertz CT molecular complexity index is 687. The van der Waals surface area contributed by atoms with Gasteiger partial charge in [-0.05, 0) is 32.2 Å². The van der Waals surface area contributed by atoms with Crippen LogP contribution in [0.4, 0.5) is 0 Å². The molecule has 0 bridgehead atoms. The van der Waals surface area contributed by atoms with Gasteiger partial charge in [0.15, 0.2) is 6.04 Å². The van der Waals surface area contributed by atoms with Crippen molar-refractivity contribution in [3.05, 3.63) is 0 Å². The number of aliphatic carboxylic acids is 2. The number of aliphatic hydroxyl groups excluding tert-OH is 1. The normalized spacial score (nSPS) is 16.4. The van der Waals surface area contributed by atoms with Crippen LogP contribution in [0, 0.1) is 5.92 Å². The van der Waals surface area contributed by atoms with Gasteiger partial charge in [-0.3, -0.25) is 19.2 Å². The van der Waals surface area contributed by atoms with E-state index in [1.165, 1.54) is 6.92 Å². The summed E-state index contributed by atoms with van der Waals surface area (Å²) >= 11 is 0. The molecule has 0 heterocycles. The summed E-state index contributed by atoms with van der Waals surface area (Å²) in [5.41, 5.74) is 11.2. The van der Waals surface area contributed by atoms with Gasteiger partial charge in [-0.25, -0.2) is 4.79 Å². The second-order valence-electron chi connectivity index (χ2n) is 7.99. The average molecular weight is 476 g/mol. The number of nitrogens with two attached hydrogens (primary N) is 2. The number of carbonyl (C=O) groups excluding carboxylic acids is 3. The Labute approximate surface area is 192 Å². The summed E-state index contributed by atoms with van der Waals surface area (Å²) in [6.07, 6.45) is -0.237. The minimum Gasteiger partial charge on any atom is -0.481 e. The van der Waals surface area contributed by atoms with Gasteiger partial charge < -0.3 is 42.7 Å². The number of carboxylic acids is 2. The molecule has 0 saturated heterocycles. The highest BCUT2D eigenvalue weighted by atomic mass is 16.4. The molecular weight excluding hydrogens is 438 g/mol. The molecule has 0 rings (SSSR count). The number of nitrogens with one attached hydrogen (secondary N) is 3. The Morgan fingerprint density at radius 3 is 1.91 bits per heavy atom. The average Bonchev–Trinajstić information content (AvgIpc) is 2.73. The number of aliphatic hydroxyl groups is 1. The maximum atomic E-state index is 12.8. The fourth-order valence-electron chi connectivity index (χ4n) is 2.89. The van der Waals surface area contributed by atoms with Crippen molar-refractivity contribution in [3.63, 3.8) is 0 Å². The van der Waals surface area contributed by atoms with Gasteiger partial charge in [-0.2, -0.15) is 0 Å². The van der Waals surface area contributed by atoms with Crippen molar-refractivity contribution >= 4 is 29.7 Å². The van der Waals surface area contributed by atoms with Crippen LogP contribution >= 0.6 is 0 Å². The Hall–Kier alpha value is -2.77. The van der Waals surface area contributed by atoms with E-state index >= 15 is 0 Å². The molecule has 0 aliphatic carbocycles. The van der Waals surface area contributed by atoms with Gasteiger partial charge in [-0.1, -0.05) is 26.7 Å². The van der Waals surface area contributed by atoms with E-state index in [-0.39, 0.29) is 6.42 Å². The second kappa shape index (κ2) is 15.1. The van der Waals surface area contributed by atoms with Gasteiger partial charge in [0.25, 0.3) is 0 Å². The van der Waals surface area contributed by atoms with Crippen molar-refractivity contribution in [2.75, 3.05) is 6.54 Å². The van der Waals surface area contributed by atoms with Crippen LogP contribution in [0.2, 0.25) is 0 Å². The molecule has 13 heteroatoms. The Kier molecular flexibility index (Phi) is 13.9. The van der Waals surface area contributed by atoms with Crippen molar-refractivity contribution in [2.24, 2.45) is 17.4 Å². The summed E-state index contributed by atoms with van der Waals surface area (Å²) in [4.78, 5) is 60.3. The van der Waals surface area contributed by atoms with Crippen LogP contribution in [0.15, 0.2) is 0 Å². The van der Waals surface area contributed by atoms with Crippen molar-refractivity contribution < 1.29 is 39.3 Å². The van der Waals surface area contributed by atoms with E-state index in [4.69, 9.17) is 16.6 Å². The van der Waals surface area contributed by atoms with E-state index in [0.29, 0.717) is 25.8 Å². The van der Waals surface area contributed by atoms with E-state index in [1.54, 1.807) is 13.8 Å². The van der Waals surface area contributed by atoms with Gasteiger partial charge in [0.2, 0.25) is 17.7 Å². The smallest absolute Gasteiger partial charge is 0.328 e. The summed E-state index contributed by atoms with van der Waals surface area (Å²) < 4.78 is 0. The number of carbonyl (C=O) groups is 5. The molecule has 6 unspecified atom stereocenters. The monoisotopic (exact) mass is 475 g/mol. The first-order chi connectivity index (χ1) is 15.3. The molecule has 0 fully saturated rings. The molecule has 10 N–H and O–H groups in total. The first-order valence-electron chi connectivity index (χ1n) is 10.8. The molecule has 0 radical (unpaired) electrons. The van der Waals surface area contributed by atoms with Gasteiger partial charge in [0, 0.05) is 0 Å². The largest absolute Gasteiger partial charge is 0.481 e. The molecule has 33 heavy (non-hydrogen) atoms. The molecule has 6 atom stereocenters. The van der Waals surface area contributed by atoms with Crippen LogP contribution in [-0.4, -0.2) is 81.8 Å². The number of carboxylic acid groups (broad SMARTS) is 2. The van der Waals surface area contributed by atoms with E-state index in [0.717, 1.165) is 0 Å². The van der Waals surface area contributed by atoms with E-state index in [2.05, 4.69) is 16.0 Å². The van der Waals surface area contributed by atoms with Crippen molar-refractivity contribution in [2.45, 2.75) is 83.1 Å². The van der Waals surface area contributed by atoms with Crippen molar-refractivity contribution in [1.82, 2.24) is 16.0 Å². The third-order valence-electron chi connectivity index (χ3n) is 5.16. The van der Waals surface area contributed by atoms with E-state index < -0.39 is 72.3 Å². The Balaban J connectivity index is 5.48. The lowest BCUT2D eigenvalue weighted by Crippen LogP contribution is -2.60. The van der Waals surface area contributed by atoms with Crippen LogP contribution < -0.4 is 27.4 Å². The molecular formula is C20H37N5O8. The quantitative estimate of drug-likeness (QED) is 0.113. The first-order valence-corrected chi connectivity index (χ1v) is 10.8. The zero-order chi connectivity index (χ0) is 25.7. The zero-order valence-corrected chi connectivity index (χ0v) is 19.2. The van der Waals surface area contributed by atoms with Gasteiger partial charge in [0.05, 0.1) is 18.6 Å². The molecule has 0 aliphatic heterocycles. The molecule has 0 spiro atoms. The lowest BCUT2D eigenvalue weighted by molar-refractivity contribution is -0.146. The fraction of sp³-hybridized carbons (Fsp3) is 0.750. The molecule has 3 amide bonds. The lowest BCUT2D eigenvalue weighted by atomic mass is 9.97. The topological polar surface area (TPSA) is 234 Å². The number of unbranched alkanes of at least 4 members (excludes halogenated alkanes) is 1. The van der Waals surface area contributed by atoms with Gasteiger partial charge >= 0.3 is 11.9 Å². The molecule has 0 aromatic carbocycles. The molecule has 190 valence electrons. The standard InChI is InChI=1S/C20H37N5O8/c1-4-10(2)15(19(31)25-16(11(3)26)20(32)33)24-18(30)13(9-14(27)28)23-17(29)12(22)7-5-6-8-21/h10-13,15-16,26H,4-9,21-22H2,1-3H3,(H,23,29)(H,24,30)(H,25,31)(H,27,28)(H,32,33). The second-order valence-corrected chi connectivity index (χ2v) is 7.99. The first kappa shape index (κ1) is 30.2. The summed E-state index contributed by atoms with van der Waals surface area (Å²) in [6.45, 7) is 4.97. The van der Waals surface area contributed by atoms with E-state index in [9.17, 15) is 34.2 Å². The zero-order valence-electron chi connectivity index (χ0n) is 19.2.